The highest BCUT2D eigenvalue weighted by molar-refractivity contribution is 7.80. The van der Waals surface area contributed by atoms with Gasteiger partial charge in [-0.25, -0.2) is 13.2 Å². The molecular formula is C13H9F3N2S. The summed E-state index contributed by atoms with van der Waals surface area (Å²) in [4.78, 5) is -0.122. The Kier molecular flexibility index (Phi) is 3.71. The minimum atomic E-state index is -1.00. The first kappa shape index (κ1) is 13.4. The van der Waals surface area contributed by atoms with Gasteiger partial charge in [-0.1, -0.05) is 18.3 Å². The molecule has 0 aliphatic rings. The Balaban J connectivity index is 2.40. The lowest BCUT2D eigenvalue weighted by Gasteiger charge is -2.12. The van der Waals surface area contributed by atoms with E-state index in [2.05, 4.69) is 5.32 Å². The van der Waals surface area contributed by atoms with Crippen LogP contribution in [0.15, 0.2) is 36.4 Å². The molecule has 0 spiro atoms. The van der Waals surface area contributed by atoms with Crippen molar-refractivity contribution in [2.45, 2.75) is 0 Å². The Morgan fingerprint density at radius 1 is 1.00 bits per heavy atom. The van der Waals surface area contributed by atoms with Gasteiger partial charge >= 0.3 is 0 Å². The number of nitrogens with two attached hydrogens (primary N) is 1. The fraction of sp³-hybridized carbons (Fsp3) is 0. The van der Waals surface area contributed by atoms with E-state index < -0.39 is 17.5 Å². The zero-order valence-electron chi connectivity index (χ0n) is 9.58. The number of anilines is 2. The molecule has 0 unspecified atom stereocenters. The van der Waals surface area contributed by atoms with Crippen molar-refractivity contribution in [3.63, 3.8) is 0 Å². The van der Waals surface area contributed by atoms with Crippen molar-refractivity contribution >= 4 is 28.6 Å². The molecule has 0 saturated carbocycles. The molecule has 2 aromatic carbocycles. The summed E-state index contributed by atoms with van der Waals surface area (Å²) in [6, 6.07) is 7.47. The molecule has 3 N–H and O–H groups in total. The van der Waals surface area contributed by atoms with Crippen molar-refractivity contribution in [3.8, 4) is 0 Å². The second-order valence-electron chi connectivity index (χ2n) is 3.78. The van der Waals surface area contributed by atoms with Crippen LogP contribution in [0, 0.1) is 17.5 Å². The van der Waals surface area contributed by atoms with Crippen molar-refractivity contribution in [1.82, 2.24) is 0 Å². The average Bonchev–Trinajstić information content (AvgIpc) is 2.33. The second kappa shape index (κ2) is 5.27. The number of halogens is 3. The summed E-state index contributed by atoms with van der Waals surface area (Å²) in [5.74, 6) is -2.54. The van der Waals surface area contributed by atoms with E-state index in [9.17, 15) is 13.2 Å². The maximum atomic E-state index is 13.6. The van der Waals surface area contributed by atoms with Gasteiger partial charge in [0.1, 0.15) is 10.8 Å². The van der Waals surface area contributed by atoms with Crippen LogP contribution in [0.2, 0.25) is 0 Å². The first-order valence-corrected chi connectivity index (χ1v) is 5.70. The minimum Gasteiger partial charge on any atom is -0.389 e. The summed E-state index contributed by atoms with van der Waals surface area (Å²) in [5.41, 5.74) is 6.03. The molecule has 0 radical (unpaired) electrons. The molecule has 0 heterocycles. The molecule has 0 atom stereocenters. The average molecular weight is 282 g/mol. The molecule has 0 fully saturated rings. The van der Waals surface area contributed by atoms with Crippen molar-refractivity contribution in [2.75, 3.05) is 5.32 Å². The highest BCUT2D eigenvalue weighted by atomic mass is 32.1. The van der Waals surface area contributed by atoms with Crippen molar-refractivity contribution < 1.29 is 13.2 Å². The molecule has 0 aliphatic heterocycles. The normalized spacial score (nSPS) is 10.3. The van der Waals surface area contributed by atoms with E-state index in [1.54, 1.807) is 6.07 Å². The van der Waals surface area contributed by atoms with Gasteiger partial charge < -0.3 is 11.1 Å². The van der Waals surface area contributed by atoms with Crippen LogP contribution < -0.4 is 11.1 Å². The number of hydrogen-bond acceptors (Lipinski definition) is 2. The lowest BCUT2D eigenvalue weighted by molar-refractivity contribution is 0.509. The molecule has 0 saturated heterocycles. The predicted octanol–water partition coefficient (Wildman–Crippen LogP) is 3.48. The smallest absolute Gasteiger partial charge is 0.160 e. The lowest BCUT2D eigenvalue weighted by Crippen LogP contribution is -2.14. The van der Waals surface area contributed by atoms with Crippen molar-refractivity contribution in [1.29, 1.82) is 0 Å². The maximum absolute atomic E-state index is 13.6. The number of rotatable bonds is 3. The molecule has 2 nitrogen and oxygen atoms in total. The molecule has 19 heavy (non-hydrogen) atoms. The van der Waals surface area contributed by atoms with E-state index in [0.717, 1.165) is 12.1 Å². The van der Waals surface area contributed by atoms with Crippen LogP contribution in [-0.2, 0) is 0 Å². The van der Waals surface area contributed by atoms with E-state index in [0.29, 0.717) is 5.69 Å². The zero-order valence-corrected chi connectivity index (χ0v) is 10.4. The molecule has 98 valence electrons. The number of thiocarbonyl (C=S) groups is 1. The predicted molar refractivity (Wildman–Crippen MR) is 71.9 cm³/mol. The zero-order chi connectivity index (χ0) is 14.0. The minimum absolute atomic E-state index is 0.0298. The van der Waals surface area contributed by atoms with Gasteiger partial charge in [0, 0.05) is 11.8 Å². The molecule has 0 amide bonds. The van der Waals surface area contributed by atoms with Crippen LogP contribution in [0.25, 0.3) is 0 Å². The monoisotopic (exact) mass is 282 g/mol. The van der Waals surface area contributed by atoms with Gasteiger partial charge in [-0.3, -0.25) is 0 Å². The highest BCUT2D eigenvalue weighted by Crippen LogP contribution is 2.24. The number of hydrogen-bond donors (Lipinski definition) is 2. The highest BCUT2D eigenvalue weighted by Gasteiger charge is 2.12. The van der Waals surface area contributed by atoms with E-state index in [1.165, 1.54) is 18.2 Å². The summed E-state index contributed by atoms with van der Waals surface area (Å²) < 4.78 is 39.5. The van der Waals surface area contributed by atoms with Gasteiger partial charge in [0.25, 0.3) is 0 Å². The SMILES string of the molecule is NC(=S)c1c(F)cccc1Nc1ccc(F)c(F)c1. The topological polar surface area (TPSA) is 38.0 Å². The van der Waals surface area contributed by atoms with Crippen LogP contribution in [0.5, 0.6) is 0 Å². The number of nitrogens with one attached hydrogen (secondary N) is 1. The summed E-state index contributed by atoms with van der Waals surface area (Å²) in [7, 11) is 0. The Morgan fingerprint density at radius 3 is 2.37 bits per heavy atom. The van der Waals surface area contributed by atoms with Gasteiger partial charge in [-0.15, -0.1) is 0 Å². The van der Waals surface area contributed by atoms with Crippen LogP contribution in [0.1, 0.15) is 5.56 Å². The van der Waals surface area contributed by atoms with Crippen LogP contribution in [0.4, 0.5) is 24.5 Å². The fourth-order valence-corrected chi connectivity index (χ4v) is 1.82. The largest absolute Gasteiger partial charge is 0.389 e. The Labute approximate surface area is 113 Å². The third-order valence-electron chi connectivity index (χ3n) is 2.46. The lowest BCUT2D eigenvalue weighted by atomic mass is 10.1. The van der Waals surface area contributed by atoms with E-state index in [-0.39, 0.29) is 16.2 Å². The molecule has 6 heteroatoms. The fourth-order valence-electron chi connectivity index (χ4n) is 1.61. The van der Waals surface area contributed by atoms with E-state index >= 15 is 0 Å². The molecule has 0 bridgehead atoms. The van der Waals surface area contributed by atoms with Crippen molar-refractivity contribution in [2.24, 2.45) is 5.73 Å². The summed E-state index contributed by atoms with van der Waals surface area (Å²) in [6.07, 6.45) is 0. The summed E-state index contributed by atoms with van der Waals surface area (Å²) >= 11 is 4.76. The Hall–Kier alpha value is -2.08. The van der Waals surface area contributed by atoms with Crippen molar-refractivity contribution in [3.05, 3.63) is 59.4 Å². The van der Waals surface area contributed by atoms with Gasteiger partial charge in [0.2, 0.25) is 0 Å². The maximum Gasteiger partial charge on any atom is 0.160 e. The van der Waals surface area contributed by atoms with E-state index in [1.807, 2.05) is 0 Å². The van der Waals surface area contributed by atoms with Crippen LogP contribution in [0.3, 0.4) is 0 Å². The third-order valence-corrected chi connectivity index (χ3v) is 2.66. The summed E-state index contributed by atoms with van der Waals surface area (Å²) in [5, 5.41) is 2.75. The van der Waals surface area contributed by atoms with Gasteiger partial charge in [-0.2, -0.15) is 0 Å². The molecule has 2 rings (SSSR count). The van der Waals surface area contributed by atoms with Gasteiger partial charge in [0.05, 0.1) is 11.3 Å². The molecule has 0 aliphatic carbocycles. The molecule has 2 aromatic rings. The molecular weight excluding hydrogens is 273 g/mol. The Bertz CT molecular complexity index is 644. The molecule has 0 aromatic heterocycles. The van der Waals surface area contributed by atoms with Gasteiger partial charge in [0.15, 0.2) is 11.6 Å². The third kappa shape index (κ3) is 2.85. The Morgan fingerprint density at radius 2 is 1.74 bits per heavy atom. The number of benzene rings is 2. The standard InChI is InChI=1S/C13H9F3N2S/c14-8-5-4-7(6-10(8)16)18-11-3-1-2-9(15)12(11)13(17)19/h1-6,18H,(H2,17,19). The van der Waals surface area contributed by atoms with Crippen LogP contribution in [-0.4, -0.2) is 4.99 Å². The first-order valence-electron chi connectivity index (χ1n) is 5.29. The van der Waals surface area contributed by atoms with Gasteiger partial charge in [-0.05, 0) is 24.3 Å². The first-order chi connectivity index (χ1) is 8.99. The summed E-state index contributed by atoms with van der Waals surface area (Å²) in [6.45, 7) is 0. The van der Waals surface area contributed by atoms with Crippen LogP contribution >= 0.6 is 12.2 Å². The van der Waals surface area contributed by atoms with E-state index in [4.69, 9.17) is 18.0 Å². The quantitative estimate of drug-likeness (QED) is 0.846. The second-order valence-corrected chi connectivity index (χ2v) is 4.22.